The fourth-order valence-electron chi connectivity index (χ4n) is 1.01. The number of nitrogens with zero attached hydrogens (tertiary/aromatic N) is 3. The van der Waals surface area contributed by atoms with Gasteiger partial charge < -0.3 is 11.1 Å². The molecule has 5 nitrogen and oxygen atoms in total. The molecule has 2 aromatic rings. The van der Waals surface area contributed by atoms with Crippen LogP contribution in [0.3, 0.4) is 0 Å². The molecule has 2 aromatic heterocycles. The molecule has 0 unspecified atom stereocenters. The summed E-state index contributed by atoms with van der Waals surface area (Å²) in [5, 5.41) is 3.00. The fourth-order valence-corrected chi connectivity index (χ4v) is 1.01. The summed E-state index contributed by atoms with van der Waals surface area (Å²) in [6.07, 6.45) is 4.76. The van der Waals surface area contributed by atoms with E-state index < -0.39 is 0 Å². The summed E-state index contributed by atoms with van der Waals surface area (Å²) in [4.78, 5) is 11.9. The predicted octanol–water partition coefficient (Wildman–Crippen LogP) is 1.20. The summed E-state index contributed by atoms with van der Waals surface area (Å²) in [5.74, 6) is 1.36. The van der Waals surface area contributed by atoms with Crippen LogP contribution in [0, 0.1) is 0 Å². The van der Waals surface area contributed by atoms with E-state index in [0.717, 1.165) is 0 Å². The topological polar surface area (TPSA) is 76.7 Å². The number of aromatic nitrogens is 3. The highest BCUT2D eigenvalue weighted by molar-refractivity contribution is 5.55. The van der Waals surface area contributed by atoms with Crippen LogP contribution in [0.5, 0.6) is 0 Å². The standard InChI is InChI=1S/C9H9N5/c10-7-1-4-12-9(5-7)14-8-2-3-11-6-13-8/h1-6H,(H3,10,11,12,13,14). The zero-order chi connectivity index (χ0) is 9.80. The average molecular weight is 187 g/mol. The Morgan fingerprint density at radius 3 is 2.71 bits per heavy atom. The van der Waals surface area contributed by atoms with Crippen molar-refractivity contribution in [1.82, 2.24) is 15.0 Å². The van der Waals surface area contributed by atoms with Crippen molar-refractivity contribution in [2.45, 2.75) is 0 Å². The molecule has 2 rings (SSSR count). The van der Waals surface area contributed by atoms with E-state index in [1.165, 1.54) is 6.33 Å². The fraction of sp³-hybridized carbons (Fsp3) is 0. The molecule has 5 heteroatoms. The summed E-state index contributed by atoms with van der Waals surface area (Å²) in [6, 6.07) is 5.22. The Labute approximate surface area is 81.0 Å². The number of nitrogens with one attached hydrogen (secondary N) is 1. The van der Waals surface area contributed by atoms with Gasteiger partial charge in [0, 0.05) is 24.1 Å². The SMILES string of the molecule is Nc1ccnc(Nc2ccncn2)c1. The van der Waals surface area contributed by atoms with Crippen molar-refractivity contribution >= 4 is 17.3 Å². The van der Waals surface area contributed by atoms with Crippen molar-refractivity contribution in [2.24, 2.45) is 0 Å². The van der Waals surface area contributed by atoms with Crippen LogP contribution in [0.1, 0.15) is 0 Å². The van der Waals surface area contributed by atoms with Gasteiger partial charge in [0.05, 0.1) is 0 Å². The average Bonchev–Trinajstić information content (AvgIpc) is 2.19. The third kappa shape index (κ3) is 1.95. The van der Waals surface area contributed by atoms with Crippen molar-refractivity contribution < 1.29 is 0 Å². The van der Waals surface area contributed by atoms with Crippen molar-refractivity contribution in [1.29, 1.82) is 0 Å². The summed E-state index contributed by atoms with van der Waals surface area (Å²) >= 11 is 0. The molecular formula is C9H9N5. The van der Waals surface area contributed by atoms with Crippen LogP contribution < -0.4 is 11.1 Å². The second-order valence-corrected chi connectivity index (χ2v) is 2.69. The highest BCUT2D eigenvalue weighted by atomic mass is 15.1. The first kappa shape index (κ1) is 8.43. The first-order valence-electron chi connectivity index (χ1n) is 4.09. The molecule has 0 radical (unpaired) electrons. The third-order valence-electron chi connectivity index (χ3n) is 1.62. The van der Waals surface area contributed by atoms with Gasteiger partial charge in [0.2, 0.25) is 0 Å². The van der Waals surface area contributed by atoms with Crippen LogP contribution in [-0.4, -0.2) is 15.0 Å². The minimum absolute atomic E-state index is 0.663. The number of rotatable bonds is 2. The Kier molecular flexibility index (Phi) is 2.22. The van der Waals surface area contributed by atoms with Crippen molar-refractivity contribution in [3.05, 3.63) is 36.9 Å². The molecule has 3 N–H and O–H groups in total. The van der Waals surface area contributed by atoms with Crippen molar-refractivity contribution in [3.63, 3.8) is 0 Å². The lowest BCUT2D eigenvalue weighted by atomic mass is 10.4. The molecule has 14 heavy (non-hydrogen) atoms. The van der Waals surface area contributed by atoms with Gasteiger partial charge >= 0.3 is 0 Å². The Balaban J connectivity index is 2.19. The van der Waals surface area contributed by atoms with Crippen LogP contribution >= 0.6 is 0 Å². The molecule has 0 amide bonds. The Hall–Kier alpha value is -2.17. The molecule has 0 aliphatic carbocycles. The van der Waals surface area contributed by atoms with E-state index in [-0.39, 0.29) is 0 Å². The maximum absolute atomic E-state index is 5.60. The minimum Gasteiger partial charge on any atom is -0.399 e. The van der Waals surface area contributed by atoms with E-state index >= 15 is 0 Å². The predicted molar refractivity (Wildman–Crippen MR) is 54.0 cm³/mol. The van der Waals surface area contributed by atoms with E-state index in [9.17, 15) is 0 Å². The molecule has 0 atom stereocenters. The minimum atomic E-state index is 0.663. The lowest BCUT2D eigenvalue weighted by Gasteiger charge is -2.03. The number of hydrogen-bond donors (Lipinski definition) is 2. The van der Waals surface area contributed by atoms with Gasteiger partial charge in [-0.1, -0.05) is 0 Å². The van der Waals surface area contributed by atoms with Crippen LogP contribution in [0.2, 0.25) is 0 Å². The summed E-state index contributed by atoms with van der Waals surface area (Å²) in [7, 11) is 0. The Morgan fingerprint density at radius 2 is 2.00 bits per heavy atom. The zero-order valence-electron chi connectivity index (χ0n) is 7.38. The Bertz CT molecular complexity index is 415. The molecule has 2 heterocycles. The second-order valence-electron chi connectivity index (χ2n) is 2.69. The Morgan fingerprint density at radius 1 is 1.07 bits per heavy atom. The molecule has 0 spiro atoms. The van der Waals surface area contributed by atoms with Gasteiger partial charge in [0.25, 0.3) is 0 Å². The van der Waals surface area contributed by atoms with E-state index in [0.29, 0.717) is 17.3 Å². The van der Waals surface area contributed by atoms with Gasteiger partial charge in [0.1, 0.15) is 18.0 Å². The maximum atomic E-state index is 5.60. The quantitative estimate of drug-likeness (QED) is 0.738. The molecule has 0 aliphatic rings. The lowest BCUT2D eigenvalue weighted by molar-refractivity contribution is 1.16. The summed E-state index contributed by atoms with van der Waals surface area (Å²) in [6.45, 7) is 0. The highest BCUT2D eigenvalue weighted by Crippen LogP contribution is 2.12. The van der Waals surface area contributed by atoms with E-state index in [1.807, 2.05) is 0 Å². The first-order chi connectivity index (χ1) is 6.84. The van der Waals surface area contributed by atoms with Gasteiger partial charge in [0.15, 0.2) is 0 Å². The molecule has 0 saturated heterocycles. The highest BCUT2D eigenvalue weighted by Gasteiger charge is 1.95. The zero-order valence-corrected chi connectivity index (χ0v) is 7.38. The van der Waals surface area contributed by atoms with Crippen molar-refractivity contribution in [2.75, 3.05) is 11.1 Å². The van der Waals surface area contributed by atoms with Crippen molar-refractivity contribution in [3.8, 4) is 0 Å². The molecule has 70 valence electrons. The first-order valence-corrected chi connectivity index (χ1v) is 4.09. The lowest BCUT2D eigenvalue weighted by Crippen LogP contribution is -1.96. The maximum Gasteiger partial charge on any atom is 0.134 e. The normalized spacial score (nSPS) is 9.71. The van der Waals surface area contributed by atoms with Crippen LogP contribution in [-0.2, 0) is 0 Å². The number of nitrogen functional groups attached to an aromatic ring is 1. The summed E-state index contributed by atoms with van der Waals surface area (Å²) in [5.41, 5.74) is 6.26. The number of nitrogens with two attached hydrogens (primary N) is 1. The molecule has 0 aromatic carbocycles. The molecule has 0 fully saturated rings. The van der Waals surface area contributed by atoms with Gasteiger partial charge in [-0.15, -0.1) is 0 Å². The number of pyridine rings is 1. The van der Waals surface area contributed by atoms with Gasteiger partial charge in [-0.25, -0.2) is 15.0 Å². The largest absolute Gasteiger partial charge is 0.399 e. The van der Waals surface area contributed by atoms with Crippen LogP contribution in [0.4, 0.5) is 17.3 Å². The van der Waals surface area contributed by atoms with Crippen LogP contribution in [0.15, 0.2) is 36.9 Å². The number of hydrogen-bond acceptors (Lipinski definition) is 5. The molecule has 0 bridgehead atoms. The van der Waals surface area contributed by atoms with Gasteiger partial charge in [-0.2, -0.15) is 0 Å². The molecular weight excluding hydrogens is 178 g/mol. The van der Waals surface area contributed by atoms with E-state index in [4.69, 9.17) is 5.73 Å². The molecule has 0 saturated carbocycles. The molecule has 0 aliphatic heterocycles. The van der Waals surface area contributed by atoms with E-state index in [1.54, 1.807) is 30.6 Å². The van der Waals surface area contributed by atoms with Gasteiger partial charge in [-0.05, 0) is 12.1 Å². The van der Waals surface area contributed by atoms with E-state index in [2.05, 4.69) is 20.3 Å². The summed E-state index contributed by atoms with van der Waals surface area (Å²) < 4.78 is 0. The second kappa shape index (κ2) is 3.69. The van der Waals surface area contributed by atoms with Gasteiger partial charge in [-0.3, -0.25) is 0 Å². The smallest absolute Gasteiger partial charge is 0.134 e. The van der Waals surface area contributed by atoms with Crippen LogP contribution in [0.25, 0.3) is 0 Å². The third-order valence-corrected chi connectivity index (χ3v) is 1.62. The number of anilines is 3. The monoisotopic (exact) mass is 187 g/mol.